The lowest BCUT2D eigenvalue weighted by Gasteiger charge is -2.17. The number of benzene rings is 1. The summed E-state index contributed by atoms with van der Waals surface area (Å²) < 4.78 is 68.4. The second kappa shape index (κ2) is 8.98. The van der Waals surface area contributed by atoms with Gasteiger partial charge in [-0.3, -0.25) is 9.78 Å². The van der Waals surface area contributed by atoms with Gasteiger partial charge in [0.25, 0.3) is 5.91 Å². The second-order valence-electron chi connectivity index (χ2n) is 6.18. The molecule has 0 radical (unpaired) electrons. The summed E-state index contributed by atoms with van der Waals surface area (Å²) in [5.74, 6) is -1.51. The molecule has 0 fully saturated rings. The van der Waals surface area contributed by atoms with Crippen LogP contribution in [0.25, 0.3) is 11.5 Å². The maximum Gasteiger partial charge on any atom is 0.416 e. The summed E-state index contributed by atoms with van der Waals surface area (Å²) in [5, 5.41) is 2.47. The fourth-order valence-corrected chi connectivity index (χ4v) is 2.67. The lowest BCUT2D eigenvalue weighted by molar-refractivity contribution is -0.138. The molecule has 0 saturated carbocycles. The highest BCUT2D eigenvalue weighted by Crippen LogP contribution is 2.33. The number of aromatic nitrogens is 4. The Morgan fingerprint density at radius 3 is 2.32 bits per heavy atom. The molecule has 0 saturated heterocycles. The highest BCUT2D eigenvalue weighted by Gasteiger charge is 2.32. The van der Waals surface area contributed by atoms with Crippen LogP contribution < -0.4 is 10.1 Å². The highest BCUT2D eigenvalue weighted by molar-refractivity contribution is 5.95. The summed E-state index contributed by atoms with van der Waals surface area (Å²) in [4.78, 5) is 29.0. The van der Waals surface area contributed by atoms with Crippen LogP contribution in [0.1, 0.15) is 34.6 Å². The van der Waals surface area contributed by atoms with Crippen molar-refractivity contribution in [3.05, 3.63) is 65.9 Å². The molecule has 7 nitrogen and oxygen atoms in total. The number of amides is 1. The van der Waals surface area contributed by atoms with E-state index in [0.29, 0.717) is 12.1 Å². The monoisotopic (exact) mass is 439 g/mol. The number of hydrogen-bond acceptors (Lipinski definition) is 6. The Balaban J connectivity index is 1.90. The van der Waals surface area contributed by atoms with Gasteiger partial charge < -0.3 is 10.1 Å². The Bertz CT molecular complexity index is 1060. The van der Waals surface area contributed by atoms with Gasteiger partial charge in [0.05, 0.1) is 17.3 Å². The van der Waals surface area contributed by atoms with E-state index in [4.69, 9.17) is 0 Å². The lowest BCUT2D eigenvalue weighted by Crippen LogP contribution is -2.28. The van der Waals surface area contributed by atoms with Gasteiger partial charge in [0, 0.05) is 30.4 Å². The average molecular weight is 439 g/mol. The van der Waals surface area contributed by atoms with Crippen LogP contribution in [0.15, 0.2) is 49.1 Å². The van der Waals surface area contributed by atoms with Crippen molar-refractivity contribution in [3.63, 3.8) is 0 Å². The van der Waals surface area contributed by atoms with Crippen LogP contribution in [0.3, 0.4) is 0 Å². The van der Waals surface area contributed by atoms with Crippen LogP contribution in [0.5, 0.6) is 5.75 Å². The zero-order valence-electron chi connectivity index (χ0n) is 15.8. The molecule has 3 rings (SSSR count). The van der Waals surface area contributed by atoms with Crippen molar-refractivity contribution < 1.29 is 31.5 Å². The number of hydrogen-bond donors (Lipinski definition) is 1. The average Bonchev–Trinajstić information content (AvgIpc) is 2.73. The lowest BCUT2D eigenvalue weighted by atomic mass is 10.1. The Morgan fingerprint density at radius 1 is 1.00 bits per heavy atom. The van der Waals surface area contributed by atoms with E-state index in [1.54, 1.807) is 6.07 Å². The fraction of sp³-hybridized carbons (Fsp3) is 0.211. The number of halogens is 5. The van der Waals surface area contributed by atoms with Gasteiger partial charge in [0.2, 0.25) is 0 Å². The first kappa shape index (κ1) is 22.0. The zero-order chi connectivity index (χ0) is 22.6. The van der Waals surface area contributed by atoms with E-state index >= 15 is 0 Å². The maximum absolute atomic E-state index is 13.1. The Labute approximate surface area is 172 Å². The predicted molar refractivity (Wildman–Crippen MR) is 97.0 cm³/mol. The molecule has 2 heterocycles. The van der Waals surface area contributed by atoms with E-state index in [0.717, 1.165) is 6.07 Å². The first-order chi connectivity index (χ1) is 14.6. The molecule has 1 aromatic carbocycles. The minimum atomic E-state index is -4.87. The molecule has 1 unspecified atom stereocenters. The molecule has 162 valence electrons. The number of carbonyl (C=O) groups is 1. The maximum atomic E-state index is 13.1. The molecule has 0 bridgehead atoms. The molecule has 0 aliphatic carbocycles. The van der Waals surface area contributed by atoms with Crippen LogP contribution in [0.4, 0.5) is 22.0 Å². The largest absolute Gasteiger partial charge is 0.435 e. The summed E-state index contributed by atoms with van der Waals surface area (Å²) in [6.07, 6.45) is 0.854. The summed E-state index contributed by atoms with van der Waals surface area (Å²) in [5.41, 5.74) is -1.29. The third-order valence-electron chi connectivity index (χ3n) is 3.98. The number of nitrogens with zero attached hydrogens (tertiary/aromatic N) is 4. The van der Waals surface area contributed by atoms with Crippen molar-refractivity contribution >= 4 is 5.91 Å². The molecule has 2 aromatic heterocycles. The second-order valence-corrected chi connectivity index (χ2v) is 6.18. The van der Waals surface area contributed by atoms with Crippen molar-refractivity contribution in [1.82, 2.24) is 25.3 Å². The minimum absolute atomic E-state index is 0.235. The Kier molecular flexibility index (Phi) is 6.37. The van der Waals surface area contributed by atoms with E-state index in [1.165, 1.54) is 31.7 Å². The number of carbonyl (C=O) groups excluding carboxylic acids is 1. The molecule has 1 N–H and O–H groups in total. The molecule has 12 heteroatoms. The summed E-state index contributed by atoms with van der Waals surface area (Å²) in [6, 6.07) is 2.49. The van der Waals surface area contributed by atoms with Gasteiger partial charge in [0.15, 0.2) is 5.82 Å². The summed E-state index contributed by atoms with van der Waals surface area (Å²) in [7, 11) is 0. The topological polar surface area (TPSA) is 89.9 Å². The first-order valence-electron chi connectivity index (χ1n) is 8.71. The summed E-state index contributed by atoms with van der Waals surface area (Å²) >= 11 is 0. The van der Waals surface area contributed by atoms with Gasteiger partial charge in [0.1, 0.15) is 11.4 Å². The van der Waals surface area contributed by atoms with Gasteiger partial charge in [-0.2, -0.15) is 22.0 Å². The first-order valence-corrected chi connectivity index (χ1v) is 8.71. The van der Waals surface area contributed by atoms with Gasteiger partial charge in [-0.1, -0.05) is 0 Å². The molecular weight excluding hydrogens is 425 g/mol. The molecule has 1 atom stereocenters. The number of nitrogens with one attached hydrogen (secondary N) is 1. The number of alkyl halides is 5. The Hall–Kier alpha value is -3.70. The van der Waals surface area contributed by atoms with Crippen LogP contribution in [-0.4, -0.2) is 32.5 Å². The van der Waals surface area contributed by atoms with Crippen molar-refractivity contribution in [2.45, 2.75) is 25.8 Å². The van der Waals surface area contributed by atoms with Crippen molar-refractivity contribution in [3.8, 4) is 17.3 Å². The SMILES string of the molecule is CC(NC(=O)c1cc(OC(F)F)cc(C(F)(F)F)c1)c1nccnc1-c1ncccn1. The molecule has 31 heavy (non-hydrogen) atoms. The molecule has 3 aromatic rings. The predicted octanol–water partition coefficient (Wildman–Crippen LogP) is 4.04. The van der Waals surface area contributed by atoms with Crippen LogP contribution in [0, 0.1) is 0 Å². The van der Waals surface area contributed by atoms with E-state index in [2.05, 4.69) is 30.0 Å². The van der Waals surface area contributed by atoms with E-state index < -0.39 is 41.6 Å². The quantitative estimate of drug-likeness (QED) is 0.583. The molecule has 0 spiro atoms. The Morgan fingerprint density at radius 2 is 1.68 bits per heavy atom. The van der Waals surface area contributed by atoms with Gasteiger partial charge in [-0.05, 0) is 31.2 Å². The van der Waals surface area contributed by atoms with Crippen LogP contribution in [-0.2, 0) is 6.18 Å². The van der Waals surface area contributed by atoms with Gasteiger partial charge in [-0.25, -0.2) is 15.0 Å². The van der Waals surface area contributed by atoms with Gasteiger partial charge in [-0.15, -0.1) is 0 Å². The third kappa shape index (κ3) is 5.47. The smallest absolute Gasteiger partial charge is 0.416 e. The van der Waals surface area contributed by atoms with Crippen molar-refractivity contribution in [1.29, 1.82) is 0 Å². The minimum Gasteiger partial charge on any atom is -0.435 e. The van der Waals surface area contributed by atoms with Crippen molar-refractivity contribution in [2.24, 2.45) is 0 Å². The van der Waals surface area contributed by atoms with Crippen LogP contribution >= 0.6 is 0 Å². The molecular formula is C19H14F5N5O2. The van der Waals surface area contributed by atoms with E-state index in [1.807, 2.05) is 0 Å². The fourth-order valence-electron chi connectivity index (χ4n) is 2.67. The number of ether oxygens (including phenoxy) is 1. The zero-order valence-corrected chi connectivity index (χ0v) is 15.8. The highest BCUT2D eigenvalue weighted by atomic mass is 19.4. The summed E-state index contributed by atoms with van der Waals surface area (Å²) in [6.45, 7) is -1.83. The van der Waals surface area contributed by atoms with Gasteiger partial charge >= 0.3 is 12.8 Å². The molecule has 0 aliphatic heterocycles. The van der Waals surface area contributed by atoms with Crippen LogP contribution in [0.2, 0.25) is 0 Å². The van der Waals surface area contributed by atoms with E-state index in [9.17, 15) is 26.7 Å². The van der Waals surface area contributed by atoms with Crippen molar-refractivity contribution in [2.75, 3.05) is 0 Å². The molecule has 1 amide bonds. The number of rotatable bonds is 6. The standard InChI is InChI=1S/C19H14F5N5O2/c1-10(14-15(26-6-5-25-14)16-27-3-2-4-28-16)29-17(30)11-7-12(19(22,23)24)9-13(8-11)31-18(20)21/h2-10,18H,1H3,(H,29,30). The molecule has 0 aliphatic rings. The van der Waals surface area contributed by atoms with E-state index in [-0.39, 0.29) is 17.2 Å². The normalized spacial score (nSPS) is 12.5. The third-order valence-corrected chi connectivity index (χ3v) is 3.98.